The molecule has 0 aromatic carbocycles. The van der Waals surface area contributed by atoms with Gasteiger partial charge in [0.25, 0.3) is 0 Å². The van der Waals surface area contributed by atoms with Gasteiger partial charge in [-0.15, -0.1) is 16.9 Å². The number of nitrogens with zero attached hydrogens (tertiary/aromatic N) is 3. The molecule has 0 bridgehead atoms. The van der Waals surface area contributed by atoms with E-state index in [0.717, 1.165) is 30.4 Å². The van der Waals surface area contributed by atoms with Crippen molar-refractivity contribution in [2.75, 3.05) is 40.5 Å². The SMILES string of the molecule is CNC(=O)NN1C=C(NCCSCc2ccc(CN(C)C)s2)N(C)N1. The zero-order chi connectivity index (χ0) is 18.2. The molecule has 25 heavy (non-hydrogen) atoms. The van der Waals surface area contributed by atoms with Crippen LogP contribution >= 0.6 is 23.1 Å². The summed E-state index contributed by atoms with van der Waals surface area (Å²) in [6.45, 7) is 1.86. The van der Waals surface area contributed by atoms with Crippen LogP contribution in [0.1, 0.15) is 9.75 Å². The Labute approximate surface area is 157 Å². The molecule has 1 aliphatic rings. The number of nitrogens with one attached hydrogen (secondary N) is 4. The van der Waals surface area contributed by atoms with Gasteiger partial charge in [-0.05, 0) is 26.2 Å². The summed E-state index contributed by atoms with van der Waals surface area (Å²) in [4.78, 5) is 16.3. The van der Waals surface area contributed by atoms with E-state index in [1.807, 2.05) is 35.2 Å². The first-order valence-corrected chi connectivity index (χ1v) is 9.98. The Hall–Kier alpha value is -1.62. The first kappa shape index (κ1) is 19.7. The molecule has 0 unspecified atom stereocenters. The van der Waals surface area contributed by atoms with Gasteiger partial charge in [0.05, 0.1) is 6.20 Å². The maximum atomic E-state index is 11.3. The molecule has 0 aliphatic carbocycles. The van der Waals surface area contributed by atoms with Crippen LogP contribution in [0.25, 0.3) is 0 Å². The van der Waals surface area contributed by atoms with Gasteiger partial charge in [-0.2, -0.15) is 11.8 Å². The summed E-state index contributed by atoms with van der Waals surface area (Å²) in [6, 6.07) is 4.17. The summed E-state index contributed by atoms with van der Waals surface area (Å²) in [5.41, 5.74) is 5.62. The van der Waals surface area contributed by atoms with Gasteiger partial charge in [0.1, 0.15) is 5.82 Å². The third-order valence-electron chi connectivity index (χ3n) is 3.31. The molecule has 10 heteroatoms. The lowest BCUT2D eigenvalue weighted by Crippen LogP contribution is -2.51. The Morgan fingerprint density at radius 2 is 2.12 bits per heavy atom. The fourth-order valence-corrected chi connectivity index (χ4v) is 4.27. The quantitative estimate of drug-likeness (QED) is 0.472. The Morgan fingerprint density at radius 3 is 2.84 bits per heavy atom. The highest BCUT2D eigenvalue weighted by Gasteiger charge is 2.17. The number of thioether (sulfide) groups is 1. The van der Waals surface area contributed by atoms with Gasteiger partial charge in [-0.25, -0.2) is 15.3 Å². The molecule has 0 saturated carbocycles. The fraction of sp³-hybridized carbons (Fsp3) is 0.533. The van der Waals surface area contributed by atoms with Gasteiger partial charge in [-0.1, -0.05) is 0 Å². The molecule has 0 fully saturated rings. The van der Waals surface area contributed by atoms with Crippen LogP contribution in [0.2, 0.25) is 0 Å². The largest absolute Gasteiger partial charge is 0.369 e. The molecular weight excluding hydrogens is 358 g/mol. The van der Waals surface area contributed by atoms with Crippen LogP contribution in [0.4, 0.5) is 4.79 Å². The van der Waals surface area contributed by atoms with Crippen molar-refractivity contribution >= 4 is 29.1 Å². The summed E-state index contributed by atoms with van der Waals surface area (Å²) in [5, 5.41) is 9.18. The predicted molar refractivity (Wildman–Crippen MR) is 104 cm³/mol. The highest BCUT2D eigenvalue weighted by molar-refractivity contribution is 7.98. The summed E-state index contributed by atoms with van der Waals surface area (Å²) >= 11 is 3.80. The maximum Gasteiger partial charge on any atom is 0.334 e. The number of hydrogen-bond acceptors (Lipinski definition) is 8. The zero-order valence-electron chi connectivity index (χ0n) is 15.1. The number of hydrazine groups is 3. The molecule has 0 saturated heterocycles. The lowest BCUT2D eigenvalue weighted by Gasteiger charge is -2.20. The first-order chi connectivity index (χ1) is 12.0. The molecule has 2 amide bonds. The van der Waals surface area contributed by atoms with Gasteiger partial charge in [0, 0.05) is 48.4 Å². The standard InChI is InChI=1S/C15H27N7OS2/c1-16-15(23)18-22-10-14(21(4)19-22)17-7-8-24-11-13-6-5-12(25-13)9-20(2)3/h5-6,10,17,19H,7-9,11H2,1-4H3,(H2,16,18,23). The molecule has 2 heterocycles. The fourth-order valence-electron chi connectivity index (χ4n) is 2.16. The van der Waals surface area contributed by atoms with Crippen molar-refractivity contribution in [3.05, 3.63) is 33.9 Å². The summed E-state index contributed by atoms with van der Waals surface area (Å²) in [7, 11) is 7.64. The number of hydrogen-bond donors (Lipinski definition) is 4. The van der Waals surface area contributed by atoms with E-state index in [4.69, 9.17) is 0 Å². The topological polar surface area (TPSA) is 74.9 Å². The molecule has 1 aromatic rings. The van der Waals surface area contributed by atoms with E-state index >= 15 is 0 Å². The van der Waals surface area contributed by atoms with Crippen molar-refractivity contribution in [2.24, 2.45) is 0 Å². The highest BCUT2D eigenvalue weighted by Crippen LogP contribution is 2.22. The molecule has 8 nitrogen and oxygen atoms in total. The number of carbonyl (C=O) groups is 1. The van der Waals surface area contributed by atoms with Gasteiger partial charge < -0.3 is 15.5 Å². The summed E-state index contributed by atoms with van der Waals surface area (Å²) < 4.78 is 0. The van der Waals surface area contributed by atoms with E-state index in [2.05, 4.69) is 52.7 Å². The molecule has 140 valence electrons. The molecule has 0 radical (unpaired) electrons. The smallest absolute Gasteiger partial charge is 0.334 e. The first-order valence-electron chi connectivity index (χ1n) is 8.01. The van der Waals surface area contributed by atoms with Crippen molar-refractivity contribution in [1.82, 2.24) is 36.6 Å². The van der Waals surface area contributed by atoms with E-state index < -0.39 is 0 Å². The Bertz CT molecular complexity index is 590. The summed E-state index contributed by atoms with van der Waals surface area (Å²) in [5.74, 6) is 2.95. The van der Waals surface area contributed by atoms with Crippen molar-refractivity contribution in [2.45, 2.75) is 12.3 Å². The minimum Gasteiger partial charge on any atom is -0.369 e. The van der Waals surface area contributed by atoms with E-state index in [1.165, 1.54) is 14.9 Å². The molecule has 2 rings (SSSR count). The summed E-state index contributed by atoms with van der Waals surface area (Å²) in [6.07, 6.45) is 1.80. The molecule has 0 atom stereocenters. The number of carbonyl (C=O) groups excluding carboxylic acids is 1. The zero-order valence-corrected chi connectivity index (χ0v) is 16.8. The van der Waals surface area contributed by atoms with Crippen LogP contribution in [0, 0.1) is 0 Å². The average Bonchev–Trinajstić information content (AvgIpc) is 3.13. The Morgan fingerprint density at radius 1 is 1.36 bits per heavy atom. The van der Waals surface area contributed by atoms with Crippen LogP contribution < -0.4 is 21.6 Å². The van der Waals surface area contributed by atoms with E-state index in [-0.39, 0.29) is 6.03 Å². The van der Waals surface area contributed by atoms with Crippen molar-refractivity contribution in [3.8, 4) is 0 Å². The second-order valence-electron chi connectivity index (χ2n) is 5.82. The van der Waals surface area contributed by atoms with Gasteiger partial charge in [0.15, 0.2) is 0 Å². The lowest BCUT2D eigenvalue weighted by atomic mass is 10.4. The number of urea groups is 1. The molecule has 0 spiro atoms. The third kappa shape index (κ3) is 6.65. The normalized spacial score (nSPS) is 14.0. The lowest BCUT2D eigenvalue weighted by molar-refractivity contribution is 0.110. The van der Waals surface area contributed by atoms with Crippen LogP contribution in [0.5, 0.6) is 0 Å². The van der Waals surface area contributed by atoms with Crippen LogP contribution in [0.15, 0.2) is 24.2 Å². The van der Waals surface area contributed by atoms with Crippen molar-refractivity contribution in [3.63, 3.8) is 0 Å². The monoisotopic (exact) mass is 385 g/mol. The number of amides is 2. The second kappa shape index (κ2) is 9.76. The Kier molecular flexibility index (Phi) is 7.69. The van der Waals surface area contributed by atoms with Gasteiger partial charge in [-0.3, -0.25) is 5.01 Å². The number of rotatable bonds is 9. The Balaban J connectivity index is 1.64. The second-order valence-corrected chi connectivity index (χ2v) is 8.18. The minimum absolute atomic E-state index is 0.279. The van der Waals surface area contributed by atoms with E-state index in [1.54, 1.807) is 13.2 Å². The molecule has 1 aromatic heterocycles. The van der Waals surface area contributed by atoms with Crippen LogP contribution in [-0.4, -0.2) is 61.5 Å². The third-order valence-corrected chi connectivity index (χ3v) is 5.57. The molecule has 1 aliphatic heterocycles. The minimum atomic E-state index is -0.279. The highest BCUT2D eigenvalue weighted by atomic mass is 32.2. The van der Waals surface area contributed by atoms with Crippen LogP contribution in [0.3, 0.4) is 0 Å². The number of thiophene rings is 1. The van der Waals surface area contributed by atoms with E-state index in [0.29, 0.717) is 0 Å². The van der Waals surface area contributed by atoms with Crippen molar-refractivity contribution < 1.29 is 4.79 Å². The van der Waals surface area contributed by atoms with Gasteiger partial charge >= 0.3 is 6.03 Å². The van der Waals surface area contributed by atoms with E-state index in [9.17, 15) is 4.79 Å². The molecule has 4 N–H and O–H groups in total. The van der Waals surface area contributed by atoms with Crippen LogP contribution in [-0.2, 0) is 12.3 Å². The average molecular weight is 386 g/mol. The van der Waals surface area contributed by atoms with Gasteiger partial charge in [0.2, 0.25) is 0 Å². The molecular formula is C15H27N7OS2. The van der Waals surface area contributed by atoms with Crippen molar-refractivity contribution in [1.29, 1.82) is 0 Å². The maximum absolute atomic E-state index is 11.3. The predicted octanol–water partition coefficient (Wildman–Crippen LogP) is 0.942.